The fourth-order valence-corrected chi connectivity index (χ4v) is 0.456. The maximum absolute atomic E-state index is 10.0. The van der Waals surface area contributed by atoms with E-state index in [0.717, 1.165) is 0 Å². The van der Waals surface area contributed by atoms with Crippen molar-refractivity contribution in [1.29, 1.82) is 0 Å². The van der Waals surface area contributed by atoms with Gasteiger partial charge in [0.1, 0.15) is 0 Å². The van der Waals surface area contributed by atoms with E-state index in [0.29, 0.717) is 12.2 Å². The number of aromatic nitrogens is 2. The monoisotopic (exact) mass is 141 g/mol. The molecule has 0 radical (unpaired) electrons. The van der Waals surface area contributed by atoms with Gasteiger partial charge in [0, 0.05) is 14.1 Å². The number of rotatable bonds is 2. The Labute approximate surface area is 57.6 Å². The van der Waals surface area contributed by atoms with Crippen LogP contribution in [0.4, 0.5) is 5.95 Å². The highest BCUT2D eigenvalue weighted by molar-refractivity contribution is 5.67. The van der Waals surface area contributed by atoms with Gasteiger partial charge in [-0.05, 0) is 5.16 Å². The predicted molar refractivity (Wildman–Crippen MR) is 34.0 cm³/mol. The third-order valence-electron chi connectivity index (χ3n) is 0.932. The summed E-state index contributed by atoms with van der Waals surface area (Å²) in [5.41, 5.74) is 0. The lowest BCUT2D eigenvalue weighted by atomic mass is 10.7. The smallest absolute Gasteiger partial charge is 0.292 e. The van der Waals surface area contributed by atoms with Gasteiger partial charge in [-0.3, -0.25) is 4.79 Å². The molecule has 0 N–H and O–H groups in total. The molecule has 10 heavy (non-hydrogen) atoms. The standard InChI is InChI=1S/C5H7N3O2/c1-8(2)5-6-4(3-9)10-7-5/h3H,1-2H3. The van der Waals surface area contributed by atoms with E-state index in [1.165, 1.54) is 0 Å². The molecule has 0 saturated heterocycles. The quantitative estimate of drug-likeness (QED) is 0.540. The molecule has 54 valence electrons. The van der Waals surface area contributed by atoms with Crippen molar-refractivity contribution in [2.75, 3.05) is 19.0 Å². The van der Waals surface area contributed by atoms with Crippen LogP contribution in [-0.2, 0) is 0 Å². The second-order valence-corrected chi connectivity index (χ2v) is 1.94. The van der Waals surface area contributed by atoms with E-state index in [4.69, 9.17) is 0 Å². The highest BCUT2D eigenvalue weighted by atomic mass is 16.5. The number of anilines is 1. The van der Waals surface area contributed by atoms with Crippen molar-refractivity contribution in [3.8, 4) is 0 Å². The van der Waals surface area contributed by atoms with Gasteiger partial charge >= 0.3 is 0 Å². The van der Waals surface area contributed by atoms with Crippen LogP contribution < -0.4 is 4.90 Å². The molecule has 0 fully saturated rings. The zero-order valence-corrected chi connectivity index (χ0v) is 5.74. The molecule has 0 spiro atoms. The van der Waals surface area contributed by atoms with Gasteiger partial charge in [-0.2, -0.15) is 4.98 Å². The van der Waals surface area contributed by atoms with Gasteiger partial charge in [0.05, 0.1) is 0 Å². The van der Waals surface area contributed by atoms with E-state index in [2.05, 4.69) is 14.7 Å². The summed E-state index contributed by atoms with van der Waals surface area (Å²) < 4.78 is 4.50. The van der Waals surface area contributed by atoms with Crippen molar-refractivity contribution >= 4 is 12.2 Å². The molecule has 5 nitrogen and oxygen atoms in total. The molecule has 0 atom stereocenters. The predicted octanol–water partition coefficient (Wildman–Crippen LogP) is -0.0519. The molecule has 0 aliphatic carbocycles. The molecule has 0 aliphatic heterocycles. The van der Waals surface area contributed by atoms with Gasteiger partial charge < -0.3 is 9.42 Å². The van der Waals surface area contributed by atoms with Crippen LogP contribution in [0.25, 0.3) is 0 Å². The van der Waals surface area contributed by atoms with E-state index < -0.39 is 0 Å². The van der Waals surface area contributed by atoms with Gasteiger partial charge in [0.15, 0.2) is 0 Å². The molecule has 0 amide bonds. The van der Waals surface area contributed by atoms with Crippen LogP contribution in [0.2, 0.25) is 0 Å². The third kappa shape index (κ3) is 1.12. The average Bonchev–Trinajstić information content (AvgIpc) is 2.34. The molecular formula is C5H7N3O2. The van der Waals surface area contributed by atoms with Crippen LogP contribution in [-0.4, -0.2) is 30.5 Å². The highest BCUT2D eigenvalue weighted by Gasteiger charge is 2.04. The maximum Gasteiger partial charge on any atom is 0.292 e. The fraction of sp³-hybridized carbons (Fsp3) is 0.400. The van der Waals surface area contributed by atoms with E-state index >= 15 is 0 Å². The topological polar surface area (TPSA) is 59.2 Å². The summed E-state index contributed by atoms with van der Waals surface area (Å²) in [7, 11) is 3.53. The first kappa shape index (κ1) is 6.73. The summed E-state index contributed by atoms with van der Waals surface area (Å²) in [5, 5.41) is 3.50. The SMILES string of the molecule is CN(C)c1noc(C=O)n1. The minimum atomic E-state index is 0.00343. The summed E-state index contributed by atoms with van der Waals surface area (Å²) in [5.74, 6) is 0.408. The second kappa shape index (κ2) is 2.47. The molecule has 1 rings (SSSR count). The molecule has 0 aliphatic rings. The van der Waals surface area contributed by atoms with Gasteiger partial charge in [0.25, 0.3) is 11.8 Å². The number of aldehydes is 1. The summed E-state index contributed by atoms with van der Waals surface area (Å²) in [6.07, 6.45) is 0.514. The molecule has 5 heteroatoms. The summed E-state index contributed by atoms with van der Waals surface area (Å²) in [6, 6.07) is 0. The lowest BCUT2D eigenvalue weighted by molar-refractivity contribution is 0.108. The number of nitrogens with zero attached hydrogens (tertiary/aromatic N) is 3. The minimum absolute atomic E-state index is 0.00343. The molecule has 1 aromatic heterocycles. The number of hydrogen-bond acceptors (Lipinski definition) is 5. The Bertz CT molecular complexity index is 231. The first-order valence-electron chi connectivity index (χ1n) is 2.70. The largest absolute Gasteiger partial charge is 0.344 e. The van der Waals surface area contributed by atoms with E-state index in [-0.39, 0.29) is 5.89 Å². The van der Waals surface area contributed by atoms with Crippen LogP contribution in [0.1, 0.15) is 10.7 Å². The average molecular weight is 141 g/mol. The van der Waals surface area contributed by atoms with Crippen molar-refractivity contribution in [2.45, 2.75) is 0 Å². The molecule has 0 unspecified atom stereocenters. The van der Waals surface area contributed by atoms with Gasteiger partial charge in [0.2, 0.25) is 6.29 Å². The van der Waals surface area contributed by atoms with Crippen molar-refractivity contribution < 1.29 is 9.32 Å². The van der Waals surface area contributed by atoms with Crippen LogP contribution in [0.3, 0.4) is 0 Å². The zero-order valence-electron chi connectivity index (χ0n) is 5.74. The Morgan fingerprint density at radius 2 is 2.30 bits per heavy atom. The number of hydrogen-bond donors (Lipinski definition) is 0. The molecular weight excluding hydrogens is 134 g/mol. The van der Waals surface area contributed by atoms with E-state index in [1.54, 1.807) is 19.0 Å². The minimum Gasteiger partial charge on any atom is -0.344 e. The maximum atomic E-state index is 10.0. The molecule has 1 aromatic rings. The van der Waals surface area contributed by atoms with Gasteiger partial charge in [-0.15, -0.1) is 0 Å². The van der Waals surface area contributed by atoms with Gasteiger partial charge in [-0.1, -0.05) is 0 Å². The Morgan fingerprint density at radius 1 is 1.60 bits per heavy atom. The molecule has 1 heterocycles. The van der Waals surface area contributed by atoms with Crippen molar-refractivity contribution in [2.24, 2.45) is 0 Å². The Balaban J connectivity index is 2.88. The lowest BCUT2D eigenvalue weighted by Crippen LogP contribution is -2.10. The summed E-state index contributed by atoms with van der Waals surface area (Å²) in [6.45, 7) is 0. The first-order chi connectivity index (χ1) is 4.74. The van der Waals surface area contributed by atoms with E-state index in [1.807, 2.05) is 0 Å². The normalized spacial score (nSPS) is 9.40. The molecule has 0 bridgehead atoms. The van der Waals surface area contributed by atoms with E-state index in [9.17, 15) is 4.79 Å². The van der Waals surface area contributed by atoms with Crippen LogP contribution >= 0.6 is 0 Å². The Kier molecular flexibility index (Phi) is 1.66. The lowest BCUT2D eigenvalue weighted by Gasteiger charge is -2.01. The Hall–Kier alpha value is -1.39. The fourth-order valence-electron chi connectivity index (χ4n) is 0.456. The van der Waals surface area contributed by atoms with Crippen molar-refractivity contribution in [3.05, 3.63) is 5.89 Å². The zero-order chi connectivity index (χ0) is 7.56. The summed E-state index contributed by atoms with van der Waals surface area (Å²) >= 11 is 0. The highest BCUT2D eigenvalue weighted by Crippen LogP contribution is 2.02. The van der Waals surface area contributed by atoms with Crippen LogP contribution in [0.5, 0.6) is 0 Å². The molecule has 0 saturated carbocycles. The second-order valence-electron chi connectivity index (χ2n) is 1.94. The number of carbonyl (C=O) groups excluding carboxylic acids is 1. The summed E-state index contributed by atoms with van der Waals surface area (Å²) in [4.78, 5) is 15.4. The van der Waals surface area contributed by atoms with Crippen LogP contribution in [0.15, 0.2) is 4.52 Å². The first-order valence-corrected chi connectivity index (χ1v) is 2.70. The molecule has 0 aromatic carbocycles. The van der Waals surface area contributed by atoms with Crippen molar-refractivity contribution in [1.82, 2.24) is 10.1 Å². The Morgan fingerprint density at radius 3 is 2.60 bits per heavy atom. The van der Waals surface area contributed by atoms with Gasteiger partial charge in [-0.25, -0.2) is 0 Å². The number of carbonyl (C=O) groups is 1. The van der Waals surface area contributed by atoms with Crippen molar-refractivity contribution in [3.63, 3.8) is 0 Å². The van der Waals surface area contributed by atoms with Crippen LogP contribution in [0, 0.1) is 0 Å². The third-order valence-corrected chi connectivity index (χ3v) is 0.932.